The van der Waals surface area contributed by atoms with E-state index in [0.717, 1.165) is 12.0 Å². The second-order valence-corrected chi connectivity index (χ2v) is 8.47. The zero-order valence-corrected chi connectivity index (χ0v) is 19.6. The predicted molar refractivity (Wildman–Crippen MR) is 126 cm³/mol. The van der Waals surface area contributed by atoms with Crippen molar-refractivity contribution in [2.24, 2.45) is 0 Å². The molecule has 174 valence electrons. The normalized spacial score (nSPS) is 13.6. The van der Waals surface area contributed by atoms with Gasteiger partial charge in [-0.3, -0.25) is 24.1 Å². The Hall–Kier alpha value is -3.19. The Morgan fingerprint density at radius 1 is 1.06 bits per heavy atom. The molecule has 0 bridgehead atoms. The van der Waals surface area contributed by atoms with Crippen molar-refractivity contribution < 1.29 is 19.2 Å². The van der Waals surface area contributed by atoms with Crippen LogP contribution < -0.4 is 5.32 Å². The van der Waals surface area contributed by atoms with E-state index in [1.54, 1.807) is 49.4 Å². The van der Waals surface area contributed by atoms with Crippen LogP contribution in [0.3, 0.4) is 0 Å². The average molecular weight is 470 g/mol. The van der Waals surface area contributed by atoms with Crippen molar-refractivity contribution in [1.82, 2.24) is 15.1 Å². The summed E-state index contributed by atoms with van der Waals surface area (Å²) in [6.07, 6.45) is 1.19. The van der Waals surface area contributed by atoms with E-state index in [1.807, 2.05) is 13.0 Å². The van der Waals surface area contributed by atoms with Crippen LogP contribution in [0.1, 0.15) is 59.4 Å². The minimum absolute atomic E-state index is 0.0966. The van der Waals surface area contributed by atoms with Gasteiger partial charge < -0.3 is 10.2 Å². The van der Waals surface area contributed by atoms with Crippen LogP contribution >= 0.6 is 11.6 Å². The number of amides is 4. The molecule has 1 N–H and O–H groups in total. The van der Waals surface area contributed by atoms with Gasteiger partial charge in [0.15, 0.2) is 0 Å². The smallest absolute Gasteiger partial charge is 0.261 e. The summed E-state index contributed by atoms with van der Waals surface area (Å²) in [5.74, 6) is -1.14. The number of imide groups is 1. The van der Waals surface area contributed by atoms with Crippen molar-refractivity contribution >= 4 is 35.2 Å². The molecule has 0 aromatic heterocycles. The van der Waals surface area contributed by atoms with Crippen molar-refractivity contribution in [2.75, 3.05) is 13.1 Å². The summed E-state index contributed by atoms with van der Waals surface area (Å²) >= 11 is 6.09. The van der Waals surface area contributed by atoms with Crippen LogP contribution in [-0.2, 0) is 16.1 Å². The van der Waals surface area contributed by atoms with E-state index in [2.05, 4.69) is 5.32 Å². The molecule has 0 radical (unpaired) electrons. The topological polar surface area (TPSA) is 86.8 Å². The third-order valence-corrected chi connectivity index (χ3v) is 5.84. The van der Waals surface area contributed by atoms with E-state index in [1.165, 1.54) is 9.80 Å². The molecule has 0 aliphatic carbocycles. The standard InChI is InChI=1S/C25H28ClN3O4/c1-3-13-27-23(31)17(2)29(16-18-8-6-9-19(26)15-18)22(30)12-7-14-28-24(32)20-10-4-5-11-21(20)25(28)33/h4-6,8-11,15,17H,3,7,12-14,16H2,1-2H3,(H,27,31). The molecule has 1 heterocycles. The number of benzene rings is 2. The SMILES string of the molecule is CCCNC(=O)C(C)N(Cc1cccc(Cl)c1)C(=O)CCCN1C(=O)c2ccccc2C1=O. The first-order valence-electron chi connectivity index (χ1n) is 11.1. The van der Waals surface area contributed by atoms with Gasteiger partial charge in [-0.25, -0.2) is 0 Å². The van der Waals surface area contributed by atoms with Gasteiger partial charge >= 0.3 is 0 Å². The van der Waals surface area contributed by atoms with Crippen molar-refractivity contribution in [2.45, 2.75) is 45.7 Å². The summed E-state index contributed by atoms with van der Waals surface area (Å²) in [6, 6.07) is 13.2. The summed E-state index contributed by atoms with van der Waals surface area (Å²) in [7, 11) is 0. The Morgan fingerprint density at radius 3 is 2.33 bits per heavy atom. The molecule has 4 amide bonds. The van der Waals surface area contributed by atoms with Gasteiger partial charge in [-0.15, -0.1) is 0 Å². The van der Waals surface area contributed by atoms with E-state index < -0.39 is 6.04 Å². The van der Waals surface area contributed by atoms with Crippen molar-refractivity contribution in [3.05, 3.63) is 70.2 Å². The second-order valence-electron chi connectivity index (χ2n) is 8.03. The van der Waals surface area contributed by atoms with Crippen LogP contribution in [0.4, 0.5) is 0 Å². The zero-order chi connectivity index (χ0) is 24.0. The third kappa shape index (κ3) is 5.79. The highest BCUT2D eigenvalue weighted by molar-refractivity contribution is 6.30. The predicted octanol–water partition coefficient (Wildman–Crippen LogP) is 3.66. The average Bonchev–Trinajstić information content (AvgIpc) is 3.05. The Kier molecular flexibility index (Phi) is 8.22. The lowest BCUT2D eigenvalue weighted by molar-refractivity contribution is -0.140. The summed E-state index contributed by atoms with van der Waals surface area (Å²) in [4.78, 5) is 53.5. The lowest BCUT2D eigenvalue weighted by Gasteiger charge is -2.29. The number of rotatable bonds is 10. The maximum atomic E-state index is 13.1. The van der Waals surface area contributed by atoms with E-state index in [0.29, 0.717) is 29.1 Å². The van der Waals surface area contributed by atoms with E-state index in [4.69, 9.17) is 11.6 Å². The van der Waals surface area contributed by atoms with Gasteiger partial charge in [0.25, 0.3) is 11.8 Å². The fourth-order valence-electron chi connectivity index (χ4n) is 3.78. The van der Waals surface area contributed by atoms with Gasteiger partial charge in [0.05, 0.1) is 11.1 Å². The number of carbonyl (C=O) groups is 4. The second kappa shape index (κ2) is 11.1. The Labute approximate surface area is 198 Å². The number of hydrogen-bond acceptors (Lipinski definition) is 4. The molecular formula is C25H28ClN3O4. The van der Waals surface area contributed by atoms with Crippen molar-refractivity contribution in [3.8, 4) is 0 Å². The first-order valence-corrected chi connectivity index (χ1v) is 11.5. The van der Waals surface area contributed by atoms with E-state index in [-0.39, 0.29) is 43.1 Å². The molecule has 33 heavy (non-hydrogen) atoms. The molecule has 0 fully saturated rings. The minimum Gasteiger partial charge on any atom is -0.354 e. The monoisotopic (exact) mass is 469 g/mol. The Bertz CT molecular complexity index is 1020. The number of nitrogens with one attached hydrogen (secondary N) is 1. The van der Waals surface area contributed by atoms with Gasteiger partial charge in [0, 0.05) is 31.1 Å². The molecule has 2 aromatic rings. The molecule has 1 atom stereocenters. The van der Waals surface area contributed by atoms with Crippen molar-refractivity contribution in [3.63, 3.8) is 0 Å². The number of hydrogen-bond donors (Lipinski definition) is 1. The Balaban J connectivity index is 1.66. The summed E-state index contributed by atoms with van der Waals surface area (Å²) in [5.41, 5.74) is 1.58. The van der Waals surface area contributed by atoms with Gasteiger partial charge in [0.2, 0.25) is 11.8 Å². The highest BCUT2D eigenvalue weighted by atomic mass is 35.5. The summed E-state index contributed by atoms with van der Waals surface area (Å²) in [6.45, 7) is 4.55. The minimum atomic E-state index is -0.678. The molecule has 1 aliphatic rings. The molecule has 0 saturated carbocycles. The lowest BCUT2D eigenvalue weighted by Crippen LogP contribution is -2.47. The highest BCUT2D eigenvalue weighted by Gasteiger charge is 2.35. The number of carbonyl (C=O) groups excluding carboxylic acids is 4. The van der Waals surface area contributed by atoms with E-state index in [9.17, 15) is 19.2 Å². The van der Waals surface area contributed by atoms with Crippen LogP contribution in [0, 0.1) is 0 Å². The van der Waals surface area contributed by atoms with Gasteiger partial charge in [-0.2, -0.15) is 0 Å². The van der Waals surface area contributed by atoms with E-state index >= 15 is 0 Å². The molecule has 7 nitrogen and oxygen atoms in total. The zero-order valence-electron chi connectivity index (χ0n) is 18.8. The molecule has 3 rings (SSSR count). The highest BCUT2D eigenvalue weighted by Crippen LogP contribution is 2.23. The van der Waals surface area contributed by atoms with Gasteiger partial charge in [-0.1, -0.05) is 42.8 Å². The fraction of sp³-hybridized carbons (Fsp3) is 0.360. The van der Waals surface area contributed by atoms with Crippen molar-refractivity contribution in [1.29, 1.82) is 0 Å². The number of fused-ring (bicyclic) bond motifs is 1. The number of nitrogens with zero attached hydrogens (tertiary/aromatic N) is 2. The van der Waals surface area contributed by atoms with Crippen LogP contribution in [0.2, 0.25) is 5.02 Å². The molecule has 0 spiro atoms. The Morgan fingerprint density at radius 2 is 1.73 bits per heavy atom. The first kappa shape index (κ1) is 24.5. The van der Waals surface area contributed by atoms with Crippen LogP contribution in [-0.4, -0.2) is 52.6 Å². The maximum absolute atomic E-state index is 13.1. The molecule has 1 aliphatic heterocycles. The lowest BCUT2D eigenvalue weighted by atomic mass is 10.1. The van der Waals surface area contributed by atoms with Crippen LogP contribution in [0.5, 0.6) is 0 Å². The summed E-state index contributed by atoms with van der Waals surface area (Å²) in [5, 5.41) is 3.38. The van der Waals surface area contributed by atoms with Gasteiger partial charge in [-0.05, 0) is 49.6 Å². The fourth-order valence-corrected chi connectivity index (χ4v) is 4.00. The molecule has 2 aromatic carbocycles. The largest absolute Gasteiger partial charge is 0.354 e. The third-order valence-electron chi connectivity index (χ3n) is 5.61. The van der Waals surface area contributed by atoms with Crippen LogP contribution in [0.25, 0.3) is 0 Å². The van der Waals surface area contributed by atoms with Crippen LogP contribution in [0.15, 0.2) is 48.5 Å². The first-order chi connectivity index (χ1) is 15.8. The van der Waals surface area contributed by atoms with Gasteiger partial charge in [0.1, 0.15) is 6.04 Å². The molecule has 0 saturated heterocycles. The molecule has 8 heteroatoms. The maximum Gasteiger partial charge on any atom is 0.261 e. The summed E-state index contributed by atoms with van der Waals surface area (Å²) < 4.78 is 0. The number of halogens is 1. The quantitative estimate of drug-likeness (QED) is 0.538. The molecular weight excluding hydrogens is 442 g/mol. The molecule has 1 unspecified atom stereocenters.